The number of aryl methyl sites for hydroxylation is 1. The van der Waals surface area contributed by atoms with Crippen molar-refractivity contribution in [2.24, 2.45) is 0 Å². The molecule has 1 aromatic rings. The van der Waals surface area contributed by atoms with Crippen LogP contribution in [0.5, 0.6) is 0 Å². The van der Waals surface area contributed by atoms with Crippen LogP contribution in [-0.2, 0) is 4.79 Å². The lowest BCUT2D eigenvalue weighted by Crippen LogP contribution is -2.13. The smallest absolute Gasteiger partial charge is 0.329 e. The highest BCUT2D eigenvalue weighted by Crippen LogP contribution is 2.16. The fraction of sp³-hybridized carbons (Fsp3) is 0.250. The summed E-state index contributed by atoms with van der Waals surface area (Å²) in [6.07, 6.45) is 2.55. The van der Waals surface area contributed by atoms with Gasteiger partial charge in [-0.1, -0.05) is 24.3 Å². The number of hydrogen-bond donors (Lipinski definition) is 2. The fourth-order valence-corrected chi connectivity index (χ4v) is 1.43. The molecule has 3 heteroatoms. The van der Waals surface area contributed by atoms with E-state index in [4.69, 9.17) is 5.11 Å². The van der Waals surface area contributed by atoms with Gasteiger partial charge in [-0.3, -0.25) is 0 Å². The Morgan fingerprint density at radius 1 is 1.47 bits per heavy atom. The summed E-state index contributed by atoms with van der Waals surface area (Å²) in [5.41, 5.74) is 2.37. The predicted molar refractivity (Wildman–Crippen MR) is 59.5 cm³/mol. The van der Waals surface area contributed by atoms with E-state index in [1.54, 1.807) is 0 Å². The van der Waals surface area contributed by atoms with Crippen LogP contribution in [0.1, 0.15) is 24.1 Å². The standard InChI is InChI=1S/C12H15NO2/c1-9-5-3-4-6-11(9)10(2)13-8-7-12(14)15/h3-8,10,13H,1-2H3,(H,14,15)/b8-7+. The molecule has 1 rings (SSSR count). The van der Waals surface area contributed by atoms with E-state index in [0.717, 1.165) is 6.08 Å². The van der Waals surface area contributed by atoms with Gasteiger partial charge < -0.3 is 10.4 Å². The molecular weight excluding hydrogens is 190 g/mol. The summed E-state index contributed by atoms with van der Waals surface area (Å²) in [4.78, 5) is 10.3. The van der Waals surface area contributed by atoms with Crippen molar-refractivity contribution in [1.29, 1.82) is 0 Å². The molecule has 80 valence electrons. The van der Waals surface area contributed by atoms with Gasteiger partial charge in [-0.2, -0.15) is 0 Å². The molecular formula is C12H15NO2. The van der Waals surface area contributed by atoms with E-state index in [1.807, 2.05) is 38.1 Å². The zero-order valence-electron chi connectivity index (χ0n) is 8.90. The van der Waals surface area contributed by atoms with E-state index in [2.05, 4.69) is 5.32 Å². The van der Waals surface area contributed by atoms with Crippen LogP contribution in [0, 0.1) is 6.92 Å². The molecule has 0 fully saturated rings. The Hall–Kier alpha value is -1.77. The van der Waals surface area contributed by atoms with E-state index in [0.29, 0.717) is 0 Å². The molecule has 1 aromatic carbocycles. The Kier molecular flexibility index (Phi) is 3.92. The van der Waals surface area contributed by atoms with Crippen LogP contribution >= 0.6 is 0 Å². The Bertz CT molecular complexity index is 372. The summed E-state index contributed by atoms with van der Waals surface area (Å²) in [6.45, 7) is 4.03. The van der Waals surface area contributed by atoms with Gasteiger partial charge >= 0.3 is 5.97 Å². The maximum atomic E-state index is 10.3. The highest BCUT2D eigenvalue weighted by atomic mass is 16.4. The highest BCUT2D eigenvalue weighted by Gasteiger charge is 2.04. The molecule has 0 amide bonds. The zero-order valence-corrected chi connectivity index (χ0v) is 8.90. The number of carboxylic acids is 1. The van der Waals surface area contributed by atoms with E-state index >= 15 is 0 Å². The van der Waals surface area contributed by atoms with Gasteiger partial charge in [0.1, 0.15) is 0 Å². The quantitative estimate of drug-likeness (QED) is 0.741. The summed E-state index contributed by atoms with van der Waals surface area (Å²) < 4.78 is 0. The third-order valence-corrected chi connectivity index (χ3v) is 2.23. The number of nitrogens with one attached hydrogen (secondary N) is 1. The first-order valence-corrected chi connectivity index (χ1v) is 4.82. The number of benzene rings is 1. The normalized spacial score (nSPS) is 12.7. The van der Waals surface area contributed by atoms with Crippen molar-refractivity contribution in [3.8, 4) is 0 Å². The number of carbonyl (C=O) groups is 1. The van der Waals surface area contributed by atoms with Crippen LogP contribution in [0.2, 0.25) is 0 Å². The van der Waals surface area contributed by atoms with Crippen LogP contribution in [0.25, 0.3) is 0 Å². The number of rotatable bonds is 4. The van der Waals surface area contributed by atoms with Crippen molar-refractivity contribution in [3.63, 3.8) is 0 Å². The van der Waals surface area contributed by atoms with Crippen molar-refractivity contribution in [3.05, 3.63) is 47.7 Å². The lowest BCUT2D eigenvalue weighted by Gasteiger charge is -2.14. The molecule has 0 bridgehead atoms. The molecule has 15 heavy (non-hydrogen) atoms. The summed E-state index contributed by atoms with van der Waals surface area (Å²) in [7, 11) is 0. The lowest BCUT2D eigenvalue weighted by atomic mass is 10.0. The minimum absolute atomic E-state index is 0.113. The lowest BCUT2D eigenvalue weighted by molar-refractivity contribution is -0.131. The first-order valence-electron chi connectivity index (χ1n) is 4.82. The second-order valence-electron chi connectivity index (χ2n) is 3.42. The second-order valence-corrected chi connectivity index (χ2v) is 3.42. The maximum Gasteiger partial charge on any atom is 0.329 e. The number of hydrogen-bond acceptors (Lipinski definition) is 2. The van der Waals surface area contributed by atoms with Gasteiger partial charge in [0.05, 0.1) is 0 Å². The van der Waals surface area contributed by atoms with Crippen LogP contribution in [0.15, 0.2) is 36.5 Å². The molecule has 0 saturated carbocycles. The van der Waals surface area contributed by atoms with E-state index < -0.39 is 5.97 Å². The average molecular weight is 205 g/mol. The van der Waals surface area contributed by atoms with Crippen molar-refractivity contribution < 1.29 is 9.90 Å². The molecule has 1 atom stereocenters. The van der Waals surface area contributed by atoms with Gasteiger partial charge in [0.25, 0.3) is 0 Å². The third kappa shape index (κ3) is 3.46. The largest absolute Gasteiger partial charge is 0.478 e. The van der Waals surface area contributed by atoms with Crippen molar-refractivity contribution in [1.82, 2.24) is 5.32 Å². The zero-order chi connectivity index (χ0) is 11.3. The first kappa shape index (κ1) is 11.3. The summed E-state index contributed by atoms with van der Waals surface area (Å²) in [5, 5.41) is 11.4. The minimum Gasteiger partial charge on any atom is -0.478 e. The van der Waals surface area contributed by atoms with Crippen molar-refractivity contribution in [2.75, 3.05) is 0 Å². The average Bonchev–Trinajstić information content (AvgIpc) is 2.17. The summed E-state index contributed by atoms with van der Waals surface area (Å²) >= 11 is 0. The summed E-state index contributed by atoms with van der Waals surface area (Å²) in [5.74, 6) is -0.945. The van der Waals surface area contributed by atoms with Crippen LogP contribution in [0.3, 0.4) is 0 Å². The van der Waals surface area contributed by atoms with Crippen LogP contribution in [-0.4, -0.2) is 11.1 Å². The highest BCUT2D eigenvalue weighted by molar-refractivity contribution is 5.79. The molecule has 0 heterocycles. The number of carboxylic acid groups (broad SMARTS) is 1. The topological polar surface area (TPSA) is 49.3 Å². The molecule has 2 N–H and O–H groups in total. The Balaban J connectivity index is 2.65. The van der Waals surface area contributed by atoms with Gasteiger partial charge in [-0.25, -0.2) is 4.79 Å². The van der Waals surface area contributed by atoms with E-state index in [9.17, 15) is 4.79 Å². The number of aliphatic carboxylic acids is 1. The molecule has 1 unspecified atom stereocenters. The molecule has 0 saturated heterocycles. The van der Waals surface area contributed by atoms with Gasteiger partial charge in [-0.05, 0) is 25.0 Å². The first-order chi connectivity index (χ1) is 7.11. The molecule has 0 aliphatic carbocycles. The van der Waals surface area contributed by atoms with E-state index in [-0.39, 0.29) is 6.04 Å². The van der Waals surface area contributed by atoms with Crippen molar-refractivity contribution >= 4 is 5.97 Å². The Morgan fingerprint density at radius 2 is 2.13 bits per heavy atom. The minimum atomic E-state index is -0.945. The molecule has 0 aliphatic heterocycles. The SMILES string of the molecule is Cc1ccccc1C(C)N/C=C/C(=O)O. The predicted octanol–water partition coefficient (Wildman–Crippen LogP) is 2.24. The fourth-order valence-electron chi connectivity index (χ4n) is 1.43. The van der Waals surface area contributed by atoms with Crippen LogP contribution < -0.4 is 5.32 Å². The maximum absolute atomic E-state index is 10.3. The molecule has 0 radical (unpaired) electrons. The Labute approximate surface area is 89.4 Å². The van der Waals surface area contributed by atoms with Gasteiger partial charge in [0.2, 0.25) is 0 Å². The Morgan fingerprint density at radius 3 is 2.73 bits per heavy atom. The van der Waals surface area contributed by atoms with Crippen LogP contribution in [0.4, 0.5) is 0 Å². The second kappa shape index (κ2) is 5.20. The van der Waals surface area contributed by atoms with E-state index in [1.165, 1.54) is 17.3 Å². The van der Waals surface area contributed by atoms with Gasteiger partial charge in [0, 0.05) is 18.3 Å². The monoisotopic (exact) mass is 205 g/mol. The molecule has 0 aliphatic rings. The third-order valence-electron chi connectivity index (χ3n) is 2.23. The van der Waals surface area contributed by atoms with Gasteiger partial charge in [-0.15, -0.1) is 0 Å². The molecule has 0 spiro atoms. The summed E-state index contributed by atoms with van der Waals surface area (Å²) in [6, 6.07) is 8.14. The molecule has 3 nitrogen and oxygen atoms in total. The van der Waals surface area contributed by atoms with Crippen molar-refractivity contribution in [2.45, 2.75) is 19.9 Å². The molecule has 0 aromatic heterocycles. The van der Waals surface area contributed by atoms with Gasteiger partial charge in [0.15, 0.2) is 0 Å².